The summed E-state index contributed by atoms with van der Waals surface area (Å²) in [5.41, 5.74) is 0. The quantitative estimate of drug-likeness (QED) is 0.581. The Bertz CT molecular complexity index is 374. The largest absolute Gasteiger partial charge is 0.469 e. The highest BCUT2D eigenvalue weighted by atomic mass is 16.5. The van der Waals surface area contributed by atoms with Gasteiger partial charge in [0.2, 0.25) is 0 Å². The summed E-state index contributed by atoms with van der Waals surface area (Å²) >= 11 is 0. The molecule has 0 N–H and O–H groups in total. The van der Waals surface area contributed by atoms with Crippen LogP contribution < -0.4 is 0 Å². The molecule has 0 spiro atoms. The minimum Gasteiger partial charge on any atom is -0.469 e. The first-order valence-corrected chi connectivity index (χ1v) is 6.96. The Labute approximate surface area is 120 Å². The normalized spacial score (nSPS) is 28.6. The van der Waals surface area contributed by atoms with Crippen LogP contribution in [0.3, 0.4) is 0 Å². The maximum absolute atomic E-state index is 11.6. The fourth-order valence-corrected chi connectivity index (χ4v) is 2.71. The molecular formula is C15H24O5. The molecule has 0 saturated heterocycles. The summed E-state index contributed by atoms with van der Waals surface area (Å²) in [4.78, 5) is 45.7. The predicted molar refractivity (Wildman–Crippen MR) is 74.0 cm³/mol. The Morgan fingerprint density at radius 3 is 1.75 bits per heavy atom. The van der Waals surface area contributed by atoms with Crippen molar-refractivity contribution in [1.29, 1.82) is 0 Å². The number of rotatable bonds is 4. The van der Waals surface area contributed by atoms with Gasteiger partial charge in [0.15, 0.2) is 0 Å². The van der Waals surface area contributed by atoms with Crippen LogP contribution in [0.15, 0.2) is 0 Å². The zero-order valence-electron chi connectivity index (χ0n) is 12.8. The van der Waals surface area contributed by atoms with Crippen molar-refractivity contribution in [1.82, 2.24) is 0 Å². The van der Waals surface area contributed by atoms with Gasteiger partial charge in [0.05, 0.1) is 13.0 Å². The third kappa shape index (κ3) is 4.25. The third-order valence-corrected chi connectivity index (χ3v) is 3.76. The topological polar surface area (TPSA) is 77.5 Å². The lowest BCUT2D eigenvalue weighted by Crippen LogP contribution is -2.42. The smallest absolute Gasteiger partial charge is 0.309 e. The monoisotopic (exact) mass is 284 g/mol. The zero-order chi connectivity index (χ0) is 15.9. The minimum atomic E-state index is -0.614. The van der Waals surface area contributed by atoms with Crippen LogP contribution in [0.1, 0.15) is 40.5 Å². The third-order valence-electron chi connectivity index (χ3n) is 3.76. The van der Waals surface area contributed by atoms with Crippen LogP contribution in [0.25, 0.3) is 0 Å². The summed E-state index contributed by atoms with van der Waals surface area (Å²) in [6.07, 6.45) is 1.16. The number of hydrogen-bond acceptors (Lipinski definition) is 5. The molecule has 0 bridgehead atoms. The fourth-order valence-electron chi connectivity index (χ4n) is 2.71. The second kappa shape index (κ2) is 8.61. The lowest BCUT2D eigenvalue weighted by molar-refractivity contribution is -0.154. The Hall–Kier alpha value is -1.52. The molecule has 4 atom stereocenters. The minimum absolute atomic E-state index is 0.106. The van der Waals surface area contributed by atoms with Crippen LogP contribution in [-0.2, 0) is 23.9 Å². The number of Topliss-reactive ketones (excluding diaryl/α,β-unsaturated/α-hetero) is 2. The predicted octanol–water partition coefficient (Wildman–Crippen LogP) is 1.82. The summed E-state index contributed by atoms with van der Waals surface area (Å²) in [6, 6.07) is 0. The fraction of sp³-hybridized carbons (Fsp3) is 0.733. The molecule has 0 radical (unpaired) electrons. The van der Waals surface area contributed by atoms with Gasteiger partial charge in [0, 0.05) is 17.8 Å². The Morgan fingerprint density at radius 2 is 1.40 bits per heavy atom. The van der Waals surface area contributed by atoms with E-state index < -0.39 is 29.6 Å². The molecular weight excluding hydrogens is 260 g/mol. The molecule has 1 aliphatic carbocycles. The van der Waals surface area contributed by atoms with Crippen molar-refractivity contribution in [3.8, 4) is 0 Å². The molecule has 114 valence electrons. The van der Waals surface area contributed by atoms with Crippen LogP contribution in [0.2, 0.25) is 0 Å². The molecule has 0 aromatic heterocycles. The highest BCUT2D eigenvalue weighted by Crippen LogP contribution is 2.38. The van der Waals surface area contributed by atoms with Gasteiger partial charge in [-0.2, -0.15) is 0 Å². The molecule has 1 saturated carbocycles. The van der Waals surface area contributed by atoms with E-state index in [0.29, 0.717) is 6.29 Å². The van der Waals surface area contributed by atoms with Crippen molar-refractivity contribution in [3.05, 3.63) is 0 Å². The molecule has 0 aliphatic heterocycles. The molecule has 0 heterocycles. The van der Waals surface area contributed by atoms with E-state index in [2.05, 4.69) is 4.74 Å². The summed E-state index contributed by atoms with van der Waals surface area (Å²) in [5.74, 6) is -2.81. The average Bonchev–Trinajstić information content (AvgIpc) is 2.46. The molecule has 1 fully saturated rings. The van der Waals surface area contributed by atoms with Gasteiger partial charge in [-0.1, -0.05) is 13.8 Å². The number of carbonyl (C=O) groups excluding carboxylic acids is 4. The number of methoxy groups -OCH3 is 1. The van der Waals surface area contributed by atoms with Crippen molar-refractivity contribution >= 4 is 23.8 Å². The summed E-state index contributed by atoms with van der Waals surface area (Å²) in [7, 11) is 1.25. The summed E-state index contributed by atoms with van der Waals surface area (Å²) in [5, 5.41) is 0. The lowest BCUT2D eigenvalue weighted by atomic mass is 9.66. The van der Waals surface area contributed by atoms with Gasteiger partial charge >= 0.3 is 5.97 Å². The molecule has 0 aromatic rings. The number of carbonyl (C=O) groups is 4. The van der Waals surface area contributed by atoms with Gasteiger partial charge in [0.1, 0.15) is 17.9 Å². The Morgan fingerprint density at radius 1 is 0.950 bits per heavy atom. The van der Waals surface area contributed by atoms with Gasteiger partial charge < -0.3 is 9.53 Å². The van der Waals surface area contributed by atoms with Crippen molar-refractivity contribution in [2.75, 3.05) is 7.11 Å². The SMILES string of the molecule is CC.COC(=O)C1CC(C(C)=O)C(C(C)=O)CC1C=O. The average molecular weight is 284 g/mol. The van der Waals surface area contributed by atoms with Gasteiger partial charge in [0.25, 0.3) is 0 Å². The van der Waals surface area contributed by atoms with E-state index in [-0.39, 0.29) is 24.4 Å². The van der Waals surface area contributed by atoms with E-state index >= 15 is 0 Å². The maximum Gasteiger partial charge on any atom is 0.309 e. The Kier molecular flexibility index (Phi) is 7.96. The standard InChI is InChI=1S/C13H18O5.C2H6/c1-7(15)10-4-9(6-14)12(13(17)18-3)5-11(10)8(2)16;1-2/h6,9-12H,4-5H2,1-3H3;1-2H3. The van der Waals surface area contributed by atoms with Crippen molar-refractivity contribution < 1.29 is 23.9 Å². The van der Waals surface area contributed by atoms with Crippen LogP contribution in [0.4, 0.5) is 0 Å². The summed E-state index contributed by atoms with van der Waals surface area (Å²) in [6.45, 7) is 6.83. The van der Waals surface area contributed by atoms with E-state index in [0.717, 1.165) is 0 Å². The van der Waals surface area contributed by atoms with Crippen LogP contribution in [0, 0.1) is 23.7 Å². The first-order valence-electron chi connectivity index (χ1n) is 6.96. The summed E-state index contributed by atoms with van der Waals surface area (Å²) < 4.78 is 4.65. The zero-order valence-corrected chi connectivity index (χ0v) is 12.8. The second-order valence-electron chi connectivity index (χ2n) is 4.84. The molecule has 5 nitrogen and oxygen atoms in total. The lowest BCUT2D eigenvalue weighted by Gasteiger charge is -2.35. The van der Waals surface area contributed by atoms with Crippen LogP contribution in [-0.4, -0.2) is 30.9 Å². The van der Waals surface area contributed by atoms with Crippen LogP contribution in [0.5, 0.6) is 0 Å². The van der Waals surface area contributed by atoms with Gasteiger partial charge in [-0.3, -0.25) is 14.4 Å². The first kappa shape index (κ1) is 18.5. The molecule has 5 heteroatoms. The molecule has 0 aromatic carbocycles. The highest BCUT2D eigenvalue weighted by molar-refractivity contribution is 5.89. The molecule has 1 rings (SSSR count). The number of ketones is 2. The molecule has 20 heavy (non-hydrogen) atoms. The first-order chi connectivity index (χ1) is 9.42. The van der Waals surface area contributed by atoms with E-state index in [1.165, 1.54) is 21.0 Å². The van der Waals surface area contributed by atoms with Gasteiger partial charge in [-0.15, -0.1) is 0 Å². The van der Waals surface area contributed by atoms with E-state index in [4.69, 9.17) is 0 Å². The number of hydrogen-bond donors (Lipinski definition) is 0. The van der Waals surface area contributed by atoms with Crippen molar-refractivity contribution in [2.45, 2.75) is 40.5 Å². The number of ether oxygens (including phenoxy) is 1. The van der Waals surface area contributed by atoms with E-state index in [9.17, 15) is 19.2 Å². The van der Waals surface area contributed by atoms with E-state index in [1.807, 2.05) is 13.8 Å². The second-order valence-corrected chi connectivity index (χ2v) is 4.84. The van der Waals surface area contributed by atoms with Crippen molar-refractivity contribution in [3.63, 3.8) is 0 Å². The van der Waals surface area contributed by atoms with Crippen molar-refractivity contribution in [2.24, 2.45) is 23.7 Å². The molecule has 1 aliphatic rings. The number of esters is 1. The maximum atomic E-state index is 11.6. The van der Waals surface area contributed by atoms with Crippen LogP contribution >= 0.6 is 0 Å². The van der Waals surface area contributed by atoms with E-state index in [1.54, 1.807) is 0 Å². The highest BCUT2D eigenvalue weighted by Gasteiger charge is 2.44. The Balaban J connectivity index is 0.00000172. The number of aldehydes is 1. The van der Waals surface area contributed by atoms with Gasteiger partial charge in [-0.05, 0) is 26.7 Å². The van der Waals surface area contributed by atoms with Gasteiger partial charge in [-0.25, -0.2) is 0 Å². The molecule has 4 unspecified atom stereocenters. The molecule has 0 amide bonds.